The summed E-state index contributed by atoms with van der Waals surface area (Å²) in [6.07, 6.45) is 0. The zero-order valence-electron chi connectivity index (χ0n) is 16.5. The van der Waals surface area contributed by atoms with Gasteiger partial charge in [0.25, 0.3) is 5.91 Å². The molecule has 0 saturated heterocycles. The summed E-state index contributed by atoms with van der Waals surface area (Å²) < 4.78 is 1.72. The molecule has 0 aliphatic heterocycles. The van der Waals surface area contributed by atoms with E-state index in [0.29, 0.717) is 16.3 Å². The quantitative estimate of drug-likeness (QED) is 0.329. The second-order valence-electron chi connectivity index (χ2n) is 6.80. The number of thiazole rings is 1. The van der Waals surface area contributed by atoms with Gasteiger partial charge in [0.15, 0.2) is 4.34 Å². The highest BCUT2D eigenvalue weighted by Gasteiger charge is 2.12. The van der Waals surface area contributed by atoms with Crippen molar-refractivity contribution in [1.29, 1.82) is 0 Å². The van der Waals surface area contributed by atoms with Crippen molar-refractivity contribution in [3.63, 3.8) is 0 Å². The van der Waals surface area contributed by atoms with Crippen molar-refractivity contribution in [3.8, 4) is 0 Å². The van der Waals surface area contributed by atoms with Gasteiger partial charge >= 0.3 is 0 Å². The Balaban J connectivity index is 1.40. The lowest BCUT2D eigenvalue weighted by Crippen LogP contribution is -2.13. The van der Waals surface area contributed by atoms with Gasteiger partial charge in [-0.15, -0.1) is 11.3 Å². The number of nitrogens with one attached hydrogen (secondary N) is 2. The Labute approximate surface area is 192 Å². The van der Waals surface area contributed by atoms with Gasteiger partial charge in [-0.25, -0.2) is 4.98 Å². The average Bonchev–Trinajstić information content (AvgIpc) is 3.15. The van der Waals surface area contributed by atoms with Crippen LogP contribution in [0, 0.1) is 6.92 Å². The predicted octanol–water partition coefficient (Wildman–Crippen LogP) is 6.24. The third-order valence-corrected chi connectivity index (χ3v) is 6.86. The summed E-state index contributed by atoms with van der Waals surface area (Å²) in [7, 11) is 0. The van der Waals surface area contributed by atoms with Crippen LogP contribution < -0.4 is 10.6 Å². The Kier molecular flexibility index (Phi) is 6.56. The Morgan fingerprint density at radius 1 is 1.00 bits per heavy atom. The maximum Gasteiger partial charge on any atom is 0.257 e. The number of aryl methyl sites for hydroxylation is 1. The van der Waals surface area contributed by atoms with E-state index in [2.05, 4.69) is 15.6 Å². The number of thioether (sulfide) groups is 1. The molecular weight excluding hydrogens is 450 g/mol. The van der Waals surface area contributed by atoms with Gasteiger partial charge in [0.2, 0.25) is 5.91 Å². The number of nitrogens with zero attached hydrogens (tertiary/aromatic N) is 1. The van der Waals surface area contributed by atoms with Crippen molar-refractivity contribution in [1.82, 2.24) is 4.98 Å². The first kappa shape index (κ1) is 21.4. The number of carbonyl (C=O) groups excluding carboxylic acids is 2. The molecular formula is C23H18ClN3O2S2. The Morgan fingerprint density at radius 2 is 1.81 bits per heavy atom. The van der Waals surface area contributed by atoms with E-state index in [1.54, 1.807) is 30.3 Å². The van der Waals surface area contributed by atoms with Gasteiger partial charge in [0.05, 0.1) is 26.6 Å². The number of aromatic nitrogens is 1. The fraction of sp³-hybridized carbons (Fsp3) is 0.0870. The molecule has 0 spiro atoms. The van der Waals surface area contributed by atoms with E-state index in [-0.39, 0.29) is 17.6 Å². The summed E-state index contributed by atoms with van der Waals surface area (Å²) in [5.74, 6) is -0.0800. The summed E-state index contributed by atoms with van der Waals surface area (Å²) in [5.41, 5.74) is 3.78. The standard InChI is InChI=1S/C23H18ClN3O2S2/c1-14-5-4-6-15(11-14)25-21(28)13-30-23-27-19-10-9-16(12-20(19)31-23)26-22(29)17-7-2-3-8-18(17)24/h2-12H,13H2,1H3,(H,25,28)(H,26,29). The third kappa shape index (κ3) is 5.44. The highest BCUT2D eigenvalue weighted by molar-refractivity contribution is 8.01. The Morgan fingerprint density at radius 3 is 2.61 bits per heavy atom. The molecule has 0 saturated carbocycles. The monoisotopic (exact) mass is 467 g/mol. The molecule has 1 heterocycles. The van der Waals surface area contributed by atoms with Crippen LogP contribution in [0.1, 0.15) is 15.9 Å². The first-order valence-corrected chi connectivity index (χ1v) is 11.6. The Hall–Kier alpha value is -2.87. The zero-order chi connectivity index (χ0) is 21.8. The van der Waals surface area contributed by atoms with Crippen LogP contribution in [0.3, 0.4) is 0 Å². The average molecular weight is 468 g/mol. The number of hydrogen-bond donors (Lipinski definition) is 2. The van der Waals surface area contributed by atoms with Crippen LogP contribution in [0.5, 0.6) is 0 Å². The number of anilines is 2. The molecule has 8 heteroatoms. The van der Waals surface area contributed by atoms with Gasteiger partial charge < -0.3 is 10.6 Å². The maximum absolute atomic E-state index is 12.5. The molecule has 156 valence electrons. The molecule has 0 aliphatic carbocycles. The molecule has 2 N–H and O–H groups in total. The third-order valence-electron chi connectivity index (χ3n) is 4.37. The highest BCUT2D eigenvalue weighted by Crippen LogP contribution is 2.31. The summed E-state index contributed by atoms with van der Waals surface area (Å²) >= 11 is 8.97. The molecule has 0 unspecified atom stereocenters. The summed E-state index contributed by atoms with van der Waals surface area (Å²) in [6, 6.07) is 20.1. The molecule has 3 aromatic carbocycles. The minimum atomic E-state index is -0.267. The number of benzene rings is 3. The van der Waals surface area contributed by atoms with Crippen molar-refractivity contribution < 1.29 is 9.59 Å². The number of rotatable bonds is 6. The number of fused-ring (bicyclic) bond motifs is 1. The van der Waals surface area contributed by atoms with Crippen molar-refractivity contribution in [2.24, 2.45) is 0 Å². The second kappa shape index (κ2) is 9.51. The molecule has 0 radical (unpaired) electrons. The highest BCUT2D eigenvalue weighted by atomic mass is 35.5. The lowest BCUT2D eigenvalue weighted by atomic mass is 10.2. The SMILES string of the molecule is Cc1cccc(NC(=O)CSc2nc3ccc(NC(=O)c4ccccc4Cl)cc3s2)c1. The molecule has 0 atom stereocenters. The van der Waals surface area contributed by atoms with E-state index in [9.17, 15) is 9.59 Å². The van der Waals surface area contributed by atoms with E-state index < -0.39 is 0 Å². The molecule has 2 amide bonds. The molecule has 0 aliphatic rings. The van der Waals surface area contributed by atoms with Crippen LogP contribution in [-0.2, 0) is 4.79 Å². The van der Waals surface area contributed by atoms with E-state index in [0.717, 1.165) is 25.8 Å². The van der Waals surface area contributed by atoms with Crippen LogP contribution >= 0.6 is 34.7 Å². The molecule has 4 aromatic rings. The van der Waals surface area contributed by atoms with E-state index in [1.165, 1.54) is 23.1 Å². The zero-order valence-corrected chi connectivity index (χ0v) is 18.9. The first-order chi connectivity index (χ1) is 15.0. The van der Waals surface area contributed by atoms with E-state index in [1.807, 2.05) is 43.3 Å². The van der Waals surface area contributed by atoms with E-state index in [4.69, 9.17) is 11.6 Å². The largest absolute Gasteiger partial charge is 0.325 e. The minimum absolute atomic E-state index is 0.0810. The summed E-state index contributed by atoms with van der Waals surface area (Å²) in [4.78, 5) is 29.3. The Bertz CT molecular complexity index is 1270. The summed E-state index contributed by atoms with van der Waals surface area (Å²) in [6.45, 7) is 1.98. The minimum Gasteiger partial charge on any atom is -0.325 e. The van der Waals surface area contributed by atoms with Gasteiger partial charge in [0, 0.05) is 11.4 Å². The van der Waals surface area contributed by atoms with Gasteiger partial charge in [0.1, 0.15) is 0 Å². The van der Waals surface area contributed by atoms with Gasteiger partial charge in [-0.3, -0.25) is 9.59 Å². The second-order valence-corrected chi connectivity index (χ2v) is 9.46. The fourth-order valence-electron chi connectivity index (χ4n) is 2.93. The number of halogens is 1. The molecule has 1 aromatic heterocycles. The normalized spacial score (nSPS) is 10.8. The lowest BCUT2D eigenvalue weighted by molar-refractivity contribution is -0.113. The van der Waals surface area contributed by atoms with Crippen LogP contribution in [-0.4, -0.2) is 22.6 Å². The first-order valence-electron chi connectivity index (χ1n) is 9.44. The maximum atomic E-state index is 12.5. The molecule has 31 heavy (non-hydrogen) atoms. The number of amides is 2. The van der Waals surface area contributed by atoms with E-state index >= 15 is 0 Å². The van der Waals surface area contributed by atoms with Gasteiger partial charge in [-0.2, -0.15) is 0 Å². The fourth-order valence-corrected chi connectivity index (χ4v) is 5.06. The van der Waals surface area contributed by atoms with Gasteiger partial charge in [-0.1, -0.05) is 47.6 Å². The predicted molar refractivity (Wildman–Crippen MR) is 130 cm³/mol. The molecule has 0 bridgehead atoms. The van der Waals surface area contributed by atoms with Crippen molar-refractivity contribution >= 4 is 68.1 Å². The number of carbonyl (C=O) groups is 2. The smallest absolute Gasteiger partial charge is 0.257 e. The van der Waals surface area contributed by atoms with Crippen LogP contribution in [0.4, 0.5) is 11.4 Å². The van der Waals surface area contributed by atoms with Crippen molar-refractivity contribution in [2.45, 2.75) is 11.3 Å². The van der Waals surface area contributed by atoms with Crippen LogP contribution in [0.15, 0.2) is 71.1 Å². The molecule has 5 nitrogen and oxygen atoms in total. The molecule has 4 rings (SSSR count). The van der Waals surface area contributed by atoms with Gasteiger partial charge in [-0.05, 0) is 55.0 Å². The molecule has 0 fully saturated rings. The topological polar surface area (TPSA) is 71.1 Å². The summed E-state index contributed by atoms with van der Waals surface area (Å²) in [5, 5.41) is 6.17. The number of hydrogen-bond acceptors (Lipinski definition) is 5. The van der Waals surface area contributed by atoms with Crippen molar-refractivity contribution in [2.75, 3.05) is 16.4 Å². The van der Waals surface area contributed by atoms with Crippen molar-refractivity contribution in [3.05, 3.63) is 82.9 Å². The van der Waals surface area contributed by atoms with Crippen LogP contribution in [0.2, 0.25) is 5.02 Å². The lowest BCUT2D eigenvalue weighted by Gasteiger charge is -2.06. The van der Waals surface area contributed by atoms with Crippen LogP contribution in [0.25, 0.3) is 10.2 Å².